The number of hydrogen-bond donors (Lipinski definition) is 1. The van der Waals surface area contributed by atoms with Crippen LogP contribution in [0.3, 0.4) is 0 Å². The van der Waals surface area contributed by atoms with Gasteiger partial charge in [0.2, 0.25) is 5.91 Å². The number of hydrogen-bond acceptors (Lipinski definition) is 3. The van der Waals surface area contributed by atoms with Gasteiger partial charge in [0.25, 0.3) is 0 Å². The first kappa shape index (κ1) is 12.4. The van der Waals surface area contributed by atoms with Gasteiger partial charge in [-0.3, -0.25) is 4.79 Å². The molecule has 4 heteroatoms. The molecular formula is C14H24N2O2. The fourth-order valence-corrected chi connectivity index (χ4v) is 3.78. The van der Waals surface area contributed by atoms with E-state index in [0.717, 1.165) is 45.2 Å². The van der Waals surface area contributed by atoms with Crippen molar-refractivity contribution < 1.29 is 9.53 Å². The van der Waals surface area contributed by atoms with Crippen molar-refractivity contribution in [1.82, 2.24) is 4.90 Å². The van der Waals surface area contributed by atoms with Crippen molar-refractivity contribution in [3.63, 3.8) is 0 Å². The van der Waals surface area contributed by atoms with E-state index >= 15 is 0 Å². The second-order valence-corrected chi connectivity index (χ2v) is 6.26. The van der Waals surface area contributed by atoms with Crippen molar-refractivity contribution >= 4 is 5.91 Å². The largest absolute Gasteiger partial charge is 0.371 e. The predicted molar refractivity (Wildman–Crippen MR) is 69.0 cm³/mol. The van der Waals surface area contributed by atoms with Crippen LogP contribution in [0.15, 0.2) is 0 Å². The quantitative estimate of drug-likeness (QED) is 0.761. The van der Waals surface area contributed by atoms with E-state index in [9.17, 15) is 4.79 Å². The molecular weight excluding hydrogens is 228 g/mol. The molecule has 5 atom stereocenters. The molecule has 1 amide bonds. The number of fused-ring (bicyclic) bond motifs is 2. The summed E-state index contributed by atoms with van der Waals surface area (Å²) in [5.41, 5.74) is 6.11. The summed E-state index contributed by atoms with van der Waals surface area (Å²) in [6.45, 7) is 3.74. The minimum absolute atomic E-state index is 0.145. The number of nitrogens with zero attached hydrogens (tertiary/aromatic N) is 1. The fourth-order valence-electron chi connectivity index (χ4n) is 3.78. The summed E-state index contributed by atoms with van der Waals surface area (Å²) in [5, 5.41) is 0. The molecule has 0 spiro atoms. The van der Waals surface area contributed by atoms with Gasteiger partial charge in [0.05, 0.1) is 12.2 Å². The minimum atomic E-state index is 0.145. The Kier molecular flexibility index (Phi) is 3.32. The van der Waals surface area contributed by atoms with Crippen molar-refractivity contribution in [1.29, 1.82) is 0 Å². The van der Waals surface area contributed by atoms with Crippen LogP contribution in [0.1, 0.15) is 39.0 Å². The Hall–Kier alpha value is -0.610. The average Bonchev–Trinajstić information content (AvgIpc) is 2.71. The predicted octanol–water partition coefficient (Wildman–Crippen LogP) is 1.14. The molecule has 102 valence electrons. The molecule has 3 fully saturated rings. The minimum Gasteiger partial charge on any atom is -0.371 e. The summed E-state index contributed by atoms with van der Waals surface area (Å²) >= 11 is 0. The van der Waals surface area contributed by atoms with E-state index < -0.39 is 0 Å². The Bertz CT molecular complexity index is 322. The van der Waals surface area contributed by atoms with Crippen molar-refractivity contribution in [3.05, 3.63) is 0 Å². The molecule has 4 nitrogen and oxygen atoms in total. The number of nitrogens with two attached hydrogens (primary N) is 1. The number of ether oxygens (including phenoxy) is 1. The molecule has 0 aromatic rings. The van der Waals surface area contributed by atoms with E-state index in [1.807, 2.05) is 4.90 Å². The Morgan fingerprint density at radius 2 is 1.83 bits per heavy atom. The van der Waals surface area contributed by atoms with Gasteiger partial charge in [0.1, 0.15) is 0 Å². The molecule has 2 bridgehead atoms. The lowest BCUT2D eigenvalue weighted by Crippen LogP contribution is -2.51. The van der Waals surface area contributed by atoms with E-state index in [-0.39, 0.29) is 12.0 Å². The summed E-state index contributed by atoms with van der Waals surface area (Å²) in [5.74, 6) is 0.802. The molecule has 18 heavy (non-hydrogen) atoms. The van der Waals surface area contributed by atoms with Crippen molar-refractivity contribution in [3.8, 4) is 0 Å². The molecule has 5 unspecified atom stereocenters. The molecule has 2 aliphatic heterocycles. The third kappa shape index (κ3) is 2.16. The number of carbonyl (C=O) groups excluding carboxylic acids is 1. The maximum Gasteiger partial charge on any atom is 0.226 e. The third-order valence-electron chi connectivity index (χ3n) is 5.04. The first-order valence-corrected chi connectivity index (χ1v) is 7.35. The van der Waals surface area contributed by atoms with Crippen LogP contribution in [-0.4, -0.2) is 42.1 Å². The van der Waals surface area contributed by atoms with Crippen LogP contribution in [0.4, 0.5) is 0 Å². The van der Waals surface area contributed by atoms with Crippen LogP contribution < -0.4 is 5.73 Å². The Labute approximate surface area is 109 Å². The molecule has 3 aliphatic rings. The Morgan fingerprint density at radius 1 is 1.17 bits per heavy atom. The lowest BCUT2D eigenvalue weighted by molar-refractivity contribution is -0.147. The molecule has 0 aromatic heterocycles. The average molecular weight is 252 g/mol. The van der Waals surface area contributed by atoms with Gasteiger partial charge in [0.15, 0.2) is 0 Å². The van der Waals surface area contributed by atoms with Gasteiger partial charge >= 0.3 is 0 Å². The summed E-state index contributed by atoms with van der Waals surface area (Å²) in [6.07, 6.45) is 6.00. The van der Waals surface area contributed by atoms with Crippen molar-refractivity contribution in [2.24, 2.45) is 17.6 Å². The van der Waals surface area contributed by atoms with Crippen LogP contribution in [0.2, 0.25) is 0 Å². The molecule has 1 saturated carbocycles. The van der Waals surface area contributed by atoms with Gasteiger partial charge < -0.3 is 15.4 Å². The highest BCUT2D eigenvalue weighted by Gasteiger charge is 2.40. The number of rotatable bonds is 1. The lowest BCUT2D eigenvalue weighted by Gasteiger charge is -2.39. The van der Waals surface area contributed by atoms with Gasteiger partial charge in [-0.25, -0.2) is 0 Å². The molecule has 0 radical (unpaired) electrons. The molecule has 3 rings (SSSR count). The van der Waals surface area contributed by atoms with E-state index in [4.69, 9.17) is 10.5 Å². The summed E-state index contributed by atoms with van der Waals surface area (Å²) in [6, 6.07) is 0.200. The second kappa shape index (κ2) is 4.82. The van der Waals surface area contributed by atoms with Crippen LogP contribution in [0.25, 0.3) is 0 Å². The topological polar surface area (TPSA) is 55.6 Å². The lowest BCUT2D eigenvalue weighted by atomic mass is 9.76. The fraction of sp³-hybridized carbons (Fsp3) is 0.929. The molecule has 2 N–H and O–H groups in total. The van der Waals surface area contributed by atoms with Crippen molar-refractivity contribution in [2.45, 2.75) is 57.3 Å². The standard InChI is InChI=1S/C14H24N2O2/c1-9-12(3-2-4-13(9)15)14(17)16-7-10-5-6-11(8-16)18-10/h9-13H,2-8,15H2,1H3. The van der Waals surface area contributed by atoms with Gasteiger partial charge in [-0.15, -0.1) is 0 Å². The SMILES string of the molecule is CC1C(N)CCCC1C(=O)N1CC2CCC(C1)O2. The van der Waals surface area contributed by atoms with Gasteiger partial charge in [0, 0.05) is 25.0 Å². The number of morpholine rings is 1. The van der Waals surface area contributed by atoms with Crippen molar-refractivity contribution in [2.75, 3.05) is 13.1 Å². The van der Waals surface area contributed by atoms with Crippen LogP contribution in [-0.2, 0) is 9.53 Å². The van der Waals surface area contributed by atoms with Gasteiger partial charge in [-0.05, 0) is 31.6 Å². The monoisotopic (exact) mass is 252 g/mol. The third-order valence-corrected chi connectivity index (χ3v) is 5.04. The van der Waals surface area contributed by atoms with Gasteiger partial charge in [-0.2, -0.15) is 0 Å². The highest BCUT2D eigenvalue weighted by Crippen LogP contribution is 2.33. The number of amides is 1. The van der Waals surface area contributed by atoms with Crippen LogP contribution >= 0.6 is 0 Å². The zero-order valence-electron chi connectivity index (χ0n) is 11.2. The molecule has 2 heterocycles. The Morgan fingerprint density at radius 3 is 2.50 bits per heavy atom. The van der Waals surface area contributed by atoms with Gasteiger partial charge in [-0.1, -0.05) is 13.3 Å². The molecule has 0 aromatic carbocycles. The van der Waals surface area contributed by atoms with E-state index in [1.165, 1.54) is 0 Å². The maximum atomic E-state index is 12.6. The smallest absolute Gasteiger partial charge is 0.226 e. The number of carbonyl (C=O) groups is 1. The Balaban J connectivity index is 1.66. The van der Waals surface area contributed by atoms with E-state index in [1.54, 1.807) is 0 Å². The second-order valence-electron chi connectivity index (χ2n) is 6.26. The van der Waals surface area contributed by atoms with E-state index in [0.29, 0.717) is 24.0 Å². The highest BCUT2D eigenvalue weighted by molar-refractivity contribution is 5.79. The maximum absolute atomic E-state index is 12.6. The first-order chi connectivity index (χ1) is 8.65. The van der Waals surface area contributed by atoms with Crippen LogP contribution in [0, 0.1) is 11.8 Å². The zero-order chi connectivity index (χ0) is 12.7. The zero-order valence-corrected chi connectivity index (χ0v) is 11.2. The first-order valence-electron chi connectivity index (χ1n) is 7.35. The summed E-state index contributed by atoms with van der Waals surface area (Å²) < 4.78 is 5.79. The summed E-state index contributed by atoms with van der Waals surface area (Å²) in [7, 11) is 0. The molecule has 2 saturated heterocycles. The highest BCUT2D eigenvalue weighted by atomic mass is 16.5. The normalized spacial score (nSPS) is 44.1. The van der Waals surface area contributed by atoms with E-state index in [2.05, 4.69) is 6.92 Å². The van der Waals surface area contributed by atoms with Crippen LogP contribution in [0.5, 0.6) is 0 Å². The molecule has 1 aliphatic carbocycles. The summed E-state index contributed by atoms with van der Waals surface area (Å²) in [4.78, 5) is 14.7. The number of likely N-dealkylation sites (tertiary alicyclic amines) is 1.